The molecule has 2 atom stereocenters. The van der Waals surface area contributed by atoms with Crippen LogP contribution in [0.4, 0.5) is 0 Å². The summed E-state index contributed by atoms with van der Waals surface area (Å²) in [6, 6.07) is 0. The van der Waals surface area contributed by atoms with E-state index < -0.39 is 0 Å². The van der Waals surface area contributed by atoms with Gasteiger partial charge in [0.05, 0.1) is 13.2 Å². The second kappa shape index (κ2) is 6.85. The molecule has 2 aliphatic heterocycles. The minimum absolute atomic E-state index is 0.183. The lowest BCUT2D eigenvalue weighted by Gasteiger charge is -2.40. The zero-order valence-electron chi connectivity index (χ0n) is 11.7. The minimum Gasteiger partial charge on any atom is -0.381 e. The summed E-state index contributed by atoms with van der Waals surface area (Å²) < 4.78 is 11.2. The van der Waals surface area contributed by atoms with Crippen LogP contribution < -0.4 is 5.73 Å². The highest BCUT2D eigenvalue weighted by molar-refractivity contribution is 4.86. The number of ether oxygens (including phenoxy) is 2. The van der Waals surface area contributed by atoms with Crippen LogP contribution in [-0.2, 0) is 9.47 Å². The second-order valence-corrected chi connectivity index (χ2v) is 6.14. The monoisotopic (exact) mass is 256 g/mol. The van der Waals surface area contributed by atoms with Crippen molar-refractivity contribution in [1.29, 1.82) is 0 Å². The van der Waals surface area contributed by atoms with Gasteiger partial charge in [0, 0.05) is 38.3 Å². The Morgan fingerprint density at radius 2 is 2.11 bits per heavy atom. The van der Waals surface area contributed by atoms with Crippen molar-refractivity contribution in [3.63, 3.8) is 0 Å². The molecule has 2 heterocycles. The fourth-order valence-electron chi connectivity index (χ4n) is 3.29. The van der Waals surface area contributed by atoms with Crippen LogP contribution in [0.5, 0.6) is 0 Å². The van der Waals surface area contributed by atoms with Gasteiger partial charge in [0.2, 0.25) is 0 Å². The molecule has 0 aliphatic carbocycles. The molecule has 0 aromatic heterocycles. The topological polar surface area (TPSA) is 47.7 Å². The molecule has 2 rings (SSSR count). The number of hydrogen-bond donors (Lipinski definition) is 1. The molecule has 0 radical (unpaired) electrons. The molecule has 0 aromatic carbocycles. The third kappa shape index (κ3) is 3.92. The van der Waals surface area contributed by atoms with Crippen molar-refractivity contribution in [2.24, 2.45) is 17.1 Å². The van der Waals surface area contributed by atoms with E-state index in [0.717, 1.165) is 52.5 Å². The van der Waals surface area contributed by atoms with Crippen molar-refractivity contribution >= 4 is 0 Å². The number of nitrogens with zero attached hydrogens (tertiary/aromatic N) is 1. The number of hydrogen-bond acceptors (Lipinski definition) is 4. The molecule has 0 spiro atoms. The van der Waals surface area contributed by atoms with Gasteiger partial charge < -0.3 is 20.1 Å². The van der Waals surface area contributed by atoms with E-state index in [4.69, 9.17) is 15.2 Å². The first kappa shape index (κ1) is 14.3. The zero-order chi connectivity index (χ0) is 12.8. The summed E-state index contributed by atoms with van der Waals surface area (Å²) >= 11 is 0. The molecule has 2 N–H and O–H groups in total. The Morgan fingerprint density at radius 3 is 2.72 bits per heavy atom. The minimum atomic E-state index is 0.183. The molecule has 2 saturated heterocycles. The zero-order valence-corrected chi connectivity index (χ0v) is 11.7. The summed E-state index contributed by atoms with van der Waals surface area (Å²) in [6.45, 7) is 6.52. The first-order chi connectivity index (χ1) is 8.74. The molecular weight excluding hydrogens is 228 g/mol. The van der Waals surface area contributed by atoms with Gasteiger partial charge in [-0.25, -0.2) is 0 Å². The molecular formula is C14H28N2O2. The van der Waals surface area contributed by atoms with E-state index in [1.807, 2.05) is 0 Å². The summed E-state index contributed by atoms with van der Waals surface area (Å²) in [4.78, 5) is 2.43. The predicted molar refractivity (Wildman–Crippen MR) is 72.6 cm³/mol. The highest BCUT2D eigenvalue weighted by atomic mass is 16.5. The van der Waals surface area contributed by atoms with Gasteiger partial charge in [0.15, 0.2) is 0 Å². The van der Waals surface area contributed by atoms with Gasteiger partial charge in [-0.2, -0.15) is 0 Å². The standard InChI is InChI=1S/C14H28N2O2/c1-16(8-13-4-2-6-17-9-13)11-14(10-15)5-3-7-18-12-14/h13H,2-12,15H2,1H3. The van der Waals surface area contributed by atoms with Gasteiger partial charge in [-0.15, -0.1) is 0 Å². The van der Waals surface area contributed by atoms with Crippen LogP contribution >= 0.6 is 0 Å². The van der Waals surface area contributed by atoms with E-state index in [9.17, 15) is 0 Å². The summed E-state index contributed by atoms with van der Waals surface area (Å²) in [5.41, 5.74) is 6.17. The van der Waals surface area contributed by atoms with E-state index in [1.54, 1.807) is 0 Å². The average Bonchev–Trinajstić information content (AvgIpc) is 2.41. The molecule has 2 aliphatic rings. The molecule has 18 heavy (non-hydrogen) atoms. The summed E-state index contributed by atoms with van der Waals surface area (Å²) in [7, 11) is 2.21. The average molecular weight is 256 g/mol. The lowest BCUT2D eigenvalue weighted by atomic mass is 9.82. The molecule has 4 heteroatoms. The quantitative estimate of drug-likeness (QED) is 0.800. The largest absolute Gasteiger partial charge is 0.381 e. The normalized spacial score (nSPS) is 33.8. The summed E-state index contributed by atoms with van der Waals surface area (Å²) in [5.74, 6) is 0.697. The molecule has 0 bridgehead atoms. The molecule has 0 aromatic rings. The second-order valence-electron chi connectivity index (χ2n) is 6.14. The lowest BCUT2D eigenvalue weighted by Crippen LogP contribution is -2.48. The van der Waals surface area contributed by atoms with Gasteiger partial charge in [-0.05, 0) is 38.6 Å². The van der Waals surface area contributed by atoms with Crippen molar-refractivity contribution in [3.05, 3.63) is 0 Å². The Kier molecular flexibility index (Phi) is 5.42. The van der Waals surface area contributed by atoms with Crippen molar-refractivity contribution in [2.75, 3.05) is 53.1 Å². The Labute approximate surface area is 111 Å². The molecule has 0 saturated carbocycles. The van der Waals surface area contributed by atoms with Gasteiger partial charge in [-0.3, -0.25) is 0 Å². The molecule has 0 amide bonds. The first-order valence-electron chi connectivity index (χ1n) is 7.28. The molecule has 2 fully saturated rings. The van der Waals surface area contributed by atoms with E-state index in [2.05, 4.69) is 11.9 Å². The lowest BCUT2D eigenvalue weighted by molar-refractivity contribution is -0.0250. The van der Waals surface area contributed by atoms with Crippen LogP contribution in [0.3, 0.4) is 0 Å². The highest BCUT2D eigenvalue weighted by Gasteiger charge is 2.33. The van der Waals surface area contributed by atoms with E-state index in [-0.39, 0.29) is 5.41 Å². The van der Waals surface area contributed by atoms with Crippen LogP contribution in [0, 0.1) is 11.3 Å². The molecule has 2 unspecified atom stereocenters. The van der Waals surface area contributed by atoms with Crippen LogP contribution in [0.2, 0.25) is 0 Å². The summed E-state index contributed by atoms with van der Waals surface area (Å²) in [6.07, 6.45) is 4.87. The smallest absolute Gasteiger partial charge is 0.0546 e. The van der Waals surface area contributed by atoms with Gasteiger partial charge >= 0.3 is 0 Å². The third-order valence-corrected chi connectivity index (χ3v) is 4.27. The van der Waals surface area contributed by atoms with Crippen molar-refractivity contribution in [3.8, 4) is 0 Å². The number of nitrogens with two attached hydrogens (primary N) is 1. The summed E-state index contributed by atoms with van der Waals surface area (Å²) in [5, 5.41) is 0. The Hall–Kier alpha value is -0.160. The van der Waals surface area contributed by atoms with Crippen LogP contribution in [0.1, 0.15) is 25.7 Å². The third-order valence-electron chi connectivity index (χ3n) is 4.27. The maximum absolute atomic E-state index is 5.99. The number of rotatable bonds is 5. The Bertz CT molecular complexity index is 236. The first-order valence-corrected chi connectivity index (χ1v) is 7.28. The maximum Gasteiger partial charge on any atom is 0.0546 e. The highest BCUT2D eigenvalue weighted by Crippen LogP contribution is 2.28. The van der Waals surface area contributed by atoms with E-state index in [1.165, 1.54) is 19.3 Å². The fourth-order valence-corrected chi connectivity index (χ4v) is 3.29. The molecule has 106 valence electrons. The SMILES string of the molecule is CN(CC1CCCOC1)CC1(CN)CCCOC1. The van der Waals surface area contributed by atoms with Crippen LogP contribution in [0.15, 0.2) is 0 Å². The fraction of sp³-hybridized carbons (Fsp3) is 1.00. The van der Waals surface area contributed by atoms with E-state index in [0.29, 0.717) is 5.92 Å². The van der Waals surface area contributed by atoms with Crippen LogP contribution in [0.25, 0.3) is 0 Å². The van der Waals surface area contributed by atoms with Gasteiger partial charge in [-0.1, -0.05) is 0 Å². The van der Waals surface area contributed by atoms with Crippen molar-refractivity contribution in [1.82, 2.24) is 4.90 Å². The Morgan fingerprint density at radius 1 is 1.28 bits per heavy atom. The van der Waals surface area contributed by atoms with Crippen LogP contribution in [-0.4, -0.2) is 58.0 Å². The van der Waals surface area contributed by atoms with Gasteiger partial charge in [0.25, 0.3) is 0 Å². The maximum atomic E-state index is 5.99. The van der Waals surface area contributed by atoms with Crippen molar-refractivity contribution < 1.29 is 9.47 Å². The molecule has 4 nitrogen and oxygen atoms in total. The van der Waals surface area contributed by atoms with E-state index >= 15 is 0 Å². The predicted octanol–water partition coefficient (Wildman–Crippen LogP) is 1.10. The van der Waals surface area contributed by atoms with Gasteiger partial charge in [0.1, 0.15) is 0 Å². The van der Waals surface area contributed by atoms with Crippen molar-refractivity contribution in [2.45, 2.75) is 25.7 Å². The Balaban J connectivity index is 1.78.